The zero-order chi connectivity index (χ0) is 17.1. The van der Waals surface area contributed by atoms with Gasteiger partial charge in [0.2, 0.25) is 0 Å². The molecule has 0 aliphatic heterocycles. The first-order valence-corrected chi connectivity index (χ1v) is 9.39. The van der Waals surface area contributed by atoms with Gasteiger partial charge in [0.15, 0.2) is 0 Å². The standard InChI is InChI=1S/C14H15NO6S2/c16-22(17,18)13-7-3-1-5-11(13)9-15-10-12-6-2-4-8-14(12)23(19,20)21/h1-8,15H,9-10H2,(H,16,17,18)(H,19,20,21). The number of hydrogen-bond donors (Lipinski definition) is 3. The van der Waals surface area contributed by atoms with E-state index >= 15 is 0 Å². The van der Waals surface area contributed by atoms with Crippen LogP contribution in [0.1, 0.15) is 11.1 Å². The zero-order valence-electron chi connectivity index (χ0n) is 11.9. The van der Waals surface area contributed by atoms with Gasteiger partial charge in [0.05, 0.1) is 9.79 Å². The molecule has 23 heavy (non-hydrogen) atoms. The highest BCUT2D eigenvalue weighted by molar-refractivity contribution is 7.86. The molecule has 0 aliphatic carbocycles. The van der Waals surface area contributed by atoms with Gasteiger partial charge < -0.3 is 5.32 Å². The van der Waals surface area contributed by atoms with E-state index in [2.05, 4.69) is 5.32 Å². The first-order valence-electron chi connectivity index (χ1n) is 6.51. The fourth-order valence-electron chi connectivity index (χ4n) is 2.13. The van der Waals surface area contributed by atoms with E-state index in [0.717, 1.165) is 0 Å². The summed E-state index contributed by atoms with van der Waals surface area (Å²) in [5.41, 5.74) is 0.693. The lowest BCUT2D eigenvalue weighted by Gasteiger charge is -2.10. The summed E-state index contributed by atoms with van der Waals surface area (Å²) in [4.78, 5) is -0.425. The van der Waals surface area contributed by atoms with Crippen molar-refractivity contribution in [1.82, 2.24) is 5.32 Å². The van der Waals surface area contributed by atoms with Crippen molar-refractivity contribution in [2.75, 3.05) is 0 Å². The van der Waals surface area contributed by atoms with Crippen LogP contribution in [0.5, 0.6) is 0 Å². The normalized spacial score (nSPS) is 12.3. The molecule has 0 saturated carbocycles. The lowest BCUT2D eigenvalue weighted by molar-refractivity contribution is 0.480. The molecule has 0 unspecified atom stereocenters. The number of nitrogens with one attached hydrogen (secondary N) is 1. The Hall–Kier alpha value is -1.78. The van der Waals surface area contributed by atoms with E-state index in [-0.39, 0.29) is 22.9 Å². The molecule has 0 amide bonds. The Labute approximate surface area is 134 Å². The van der Waals surface area contributed by atoms with Crippen LogP contribution in [0, 0.1) is 0 Å². The largest absolute Gasteiger partial charge is 0.309 e. The van der Waals surface area contributed by atoms with E-state index < -0.39 is 20.2 Å². The minimum absolute atomic E-state index is 0.0930. The van der Waals surface area contributed by atoms with Gasteiger partial charge in [-0.1, -0.05) is 36.4 Å². The first-order chi connectivity index (χ1) is 10.7. The smallest absolute Gasteiger partial charge is 0.294 e. The lowest BCUT2D eigenvalue weighted by Crippen LogP contribution is -2.17. The molecule has 0 radical (unpaired) electrons. The van der Waals surface area contributed by atoms with E-state index in [4.69, 9.17) is 9.11 Å². The van der Waals surface area contributed by atoms with Crippen molar-refractivity contribution in [3.63, 3.8) is 0 Å². The average Bonchev–Trinajstić information content (AvgIpc) is 2.46. The molecule has 0 spiro atoms. The average molecular weight is 357 g/mol. The van der Waals surface area contributed by atoms with Crippen LogP contribution in [-0.2, 0) is 33.3 Å². The van der Waals surface area contributed by atoms with Crippen LogP contribution in [0.2, 0.25) is 0 Å². The summed E-state index contributed by atoms with van der Waals surface area (Å²) in [5.74, 6) is 0. The molecular weight excluding hydrogens is 342 g/mol. The summed E-state index contributed by atoms with van der Waals surface area (Å²) in [6.07, 6.45) is 0. The molecule has 0 aromatic heterocycles. The van der Waals surface area contributed by atoms with Gasteiger partial charge in [-0.2, -0.15) is 16.8 Å². The SMILES string of the molecule is O=S(=O)(O)c1ccccc1CNCc1ccccc1S(=O)(=O)O. The summed E-state index contributed by atoms with van der Waals surface area (Å²) < 4.78 is 63.5. The minimum Gasteiger partial charge on any atom is -0.309 e. The highest BCUT2D eigenvalue weighted by Crippen LogP contribution is 2.17. The molecule has 0 saturated heterocycles. The van der Waals surface area contributed by atoms with Crippen LogP contribution in [-0.4, -0.2) is 25.9 Å². The van der Waals surface area contributed by atoms with Gasteiger partial charge in [0, 0.05) is 13.1 Å². The van der Waals surface area contributed by atoms with Gasteiger partial charge in [-0.3, -0.25) is 9.11 Å². The van der Waals surface area contributed by atoms with E-state index in [9.17, 15) is 16.8 Å². The molecule has 3 N–H and O–H groups in total. The molecule has 9 heteroatoms. The highest BCUT2D eigenvalue weighted by atomic mass is 32.2. The molecule has 124 valence electrons. The predicted octanol–water partition coefficient (Wildman–Crippen LogP) is 1.47. The summed E-state index contributed by atoms with van der Waals surface area (Å²) >= 11 is 0. The Morgan fingerprint density at radius 3 is 1.39 bits per heavy atom. The number of hydrogen-bond acceptors (Lipinski definition) is 5. The number of rotatable bonds is 6. The van der Waals surface area contributed by atoms with Gasteiger partial charge in [0.25, 0.3) is 20.2 Å². The van der Waals surface area contributed by atoms with Crippen molar-refractivity contribution in [1.29, 1.82) is 0 Å². The maximum absolute atomic E-state index is 11.3. The maximum atomic E-state index is 11.3. The molecule has 0 fully saturated rings. The van der Waals surface area contributed by atoms with Crippen LogP contribution in [0.4, 0.5) is 0 Å². The van der Waals surface area contributed by atoms with Crippen molar-refractivity contribution >= 4 is 20.2 Å². The van der Waals surface area contributed by atoms with Crippen LogP contribution in [0.3, 0.4) is 0 Å². The molecule has 0 atom stereocenters. The molecule has 2 rings (SSSR count). The molecule has 2 aromatic carbocycles. The van der Waals surface area contributed by atoms with E-state index in [1.807, 2.05) is 0 Å². The second kappa shape index (κ2) is 6.77. The Balaban J connectivity index is 2.17. The molecular formula is C14H15NO6S2. The van der Waals surface area contributed by atoms with Crippen molar-refractivity contribution < 1.29 is 25.9 Å². The molecule has 0 bridgehead atoms. The van der Waals surface area contributed by atoms with Crippen LogP contribution in [0.25, 0.3) is 0 Å². The lowest BCUT2D eigenvalue weighted by atomic mass is 10.2. The summed E-state index contributed by atoms with van der Waals surface area (Å²) in [7, 11) is -8.67. The summed E-state index contributed by atoms with van der Waals surface area (Å²) in [5, 5.41) is 2.89. The summed E-state index contributed by atoms with van der Waals surface area (Å²) in [6.45, 7) is 0.186. The molecule has 0 heterocycles. The van der Waals surface area contributed by atoms with E-state index in [1.54, 1.807) is 12.1 Å². The van der Waals surface area contributed by atoms with E-state index in [1.165, 1.54) is 36.4 Å². The topological polar surface area (TPSA) is 121 Å². The predicted molar refractivity (Wildman–Crippen MR) is 83.1 cm³/mol. The fraction of sp³-hybridized carbons (Fsp3) is 0.143. The Bertz CT molecular complexity index is 831. The van der Waals surface area contributed by atoms with E-state index in [0.29, 0.717) is 11.1 Å². The van der Waals surface area contributed by atoms with Gasteiger partial charge in [0.1, 0.15) is 0 Å². The molecule has 2 aromatic rings. The van der Waals surface area contributed by atoms with Crippen molar-refractivity contribution in [2.45, 2.75) is 22.9 Å². The van der Waals surface area contributed by atoms with Gasteiger partial charge in [-0.25, -0.2) is 0 Å². The zero-order valence-corrected chi connectivity index (χ0v) is 13.5. The molecule has 7 nitrogen and oxygen atoms in total. The monoisotopic (exact) mass is 357 g/mol. The second-order valence-electron chi connectivity index (χ2n) is 4.77. The third-order valence-corrected chi connectivity index (χ3v) is 5.04. The Morgan fingerprint density at radius 1 is 0.696 bits per heavy atom. The van der Waals surface area contributed by atoms with Crippen LogP contribution in [0.15, 0.2) is 58.3 Å². The van der Waals surface area contributed by atoms with Crippen molar-refractivity contribution in [2.24, 2.45) is 0 Å². The Kier molecular flexibility index (Phi) is 5.17. The van der Waals surface area contributed by atoms with Crippen LogP contribution < -0.4 is 5.32 Å². The maximum Gasteiger partial charge on any atom is 0.294 e. The third kappa shape index (κ3) is 4.60. The van der Waals surface area contributed by atoms with Crippen molar-refractivity contribution in [3.05, 3.63) is 59.7 Å². The van der Waals surface area contributed by atoms with Gasteiger partial charge >= 0.3 is 0 Å². The van der Waals surface area contributed by atoms with Crippen LogP contribution >= 0.6 is 0 Å². The fourth-order valence-corrected chi connectivity index (χ4v) is 3.58. The second-order valence-corrected chi connectivity index (χ2v) is 7.55. The molecule has 0 aliphatic rings. The highest BCUT2D eigenvalue weighted by Gasteiger charge is 2.16. The minimum atomic E-state index is -4.34. The quantitative estimate of drug-likeness (QED) is 0.669. The third-order valence-electron chi connectivity index (χ3n) is 3.13. The number of benzene rings is 2. The van der Waals surface area contributed by atoms with Crippen molar-refractivity contribution in [3.8, 4) is 0 Å². The first kappa shape index (κ1) is 17.6. The van der Waals surface area contributed by atoms with Gasteiger partial charge in [-0.15, -0.1) is 0 Å². The summed E-state index contributed by atoms with van der Waals surface area (Å²) in [6, 6.07) is 11.8. The van der Waals surface area contributed by atoms with Gasteiger partial charge in [-0.05, 0) is 23.3 Å². The Morgan fingerprint density at radius 2 is 1.04 bits per heavy atom.